The lowest BCUT2D eigenvalue weighted by molar-refractivity contribution is -0.139. The van der Waals surface area contributed by atoms with Gasteiger partial charge in [-0.15, -0.1) is 0 Å². The van der Waals surface area contributed by atoms with E-state index >= 15 is 0 Å². The predicted molar refractivity (Wildman–Crippen MR) is 58.3 cm³/mol. The van der Waals surface area contributed by atoms with Crippen LogP contribution in [0.4, 0.5) is 0 Å². The van der Waals surface area contributed by atoms with Gasteiger partial charge in [-0.1, -0.05) is 13.8 Å². The lowest BCUT2D eigenvalue weighted by atomic mass is 9.86. The molecule has 1 aliphatic carbocycles. The van der Waals surface area contributed by atoms with E-state index in [0.29, 0.717) is 5.92 Å². The highest BCUT2D eigenvalue weighted by molar-refractivity contribution is 5.78. The second kappa shape index (κ2) is 3.78. The first-order valence-electron chi connectivity index (χ1n) is 6.04. The minimum Gasteiger partial charge on any atom is -0.389 e. The lowest BCUT2D eigenvalue weighted by Crippen LogP contribution is -2.48. The zero-order valence-electron chi connectivity index (χ0n) is 9.70. The number of rotatable bonds is 2. The minimum atomic E-state index is -0.451. The Labute approximate surface area is 91.5 Å². The van der Waals surface area contributed by atoms with Crippen molar-refractivity contribution in [3.8, 4) is 0 Å². The van der Waals surface area contributed by atoms with Crippen molar-refractivity contribution in [1.29, 1.82) is 0 Å². The molecular weight excluding hydrogens is 190 g/mol. The summed E-state index contributed by atoms with van der Waals surface area (Å²) in [7, 11) is 0. The fourth-order valence-corrected chi connectivity index (χ4v) is 2.51. The summed E-state index contributed by atoms with van der Waals surface area (Å²) in [6.07, 6.45) is 3.90. The van der Waals surface area contributed by atoms with Crippen molar-refractivity contribution >= 4 is 5.91 Å². The van der Waals surface area contributed by atoms with Crippen LogP contribution in [0.3, 0.4) is 0 Å². The van der Waals surface area contributed by atoms with Crippen molar-refractivity contribution in [2.45, 2.75) is 45.1 Å². The van der Waals surface area contributed by atoms with Gasteiger partial charge >= 0.3 is 0 Å². The smallest absolute Gasteiger partial charge is 0.225 e. The van der Waals surface area contributed by atoms with Crippen LogP contribution in [0.15, 0.2) is 0 Å². The molecule has 0 atom stereocenters. The molecule has 0 bridgehead atoms. The van der Waals surface area contributed by atoms with Gasteiger partial charge < -0.3 is 10.0 Å². The molecule has 1 amide bonds. The summed E-state index contributed by atoms with van der Waals surface area (Å²) in [5, 5.41) is 10.3. The molecule has 1 saturated heterocycles. The molecule has 0 radical (unpaired) electrons. The molecule has 1 N–H and O–H groups in total. The van der Waals surface area contributed by atoms with E-state index in [4.69, 9.17) is 0 Å². The lowest BCUT2D eigenvalue weighted by Gasteiger charge is -2.39. The highest BCUT2D eigenvalue weighted by Crippen LogP contribution is 2.45. The Hall–Kier alpha value is -0.570. The van der Waals surface area contributed by atoms with Crippen molar-refractivity contribution in [3.63, 3.8) is 0 Å². The van der Waals surface area contributed by atoms with Gasteiger partial charge in [-0.05, 0) is 31.6 Å². The van der Waals surface area contributed by atoms with Crippen LogP contribution in [0.5, 0.6) is 0 Å². The van der Waals surface area contributed by atoms with Crippen molar-refractivity contribution in [2.24, 2.45) is 11.8 Å². The van der Waals surface area contributed by atoms with Crippen molar-refractivity contribution in [3.05, 3.63) is 0 Å². The molecule has 0 unspecified atom stereocenters. The van der Waals surface area contributed by atoms with Gasteiger partial charge in [0.2, 0.25) is 5.91 Å². The third-order valence-electron chi connectivity index (χ3n) is 3.77. The number of carbonyl (C=O) groups is 1. The van der Waals surface area contributed by atoms with E-state index in [-0.39, 0.29) is 11.8 Å². The molecule has 2 fully saturated rings. The third-order valence-corrected chi connectivity index (χ3v) is 3.77. The number of carbonyl (C=O) groups excluding carboxylic acids is 1. The van der Waals surface area contributed by atoms with Gasteiger partial charge in [0.05, 0.1) is 5.60 Å². The molecule has 2 rings (SSSR count). The maximum Gasteiger partial charge on any atom is 0.225 e. The monoisotopic (exact) mass is 211 g/mol. The van der Waals surface area contributed by atoms with Gasteiger partial charge in [-0.2, -0.15) is 0 Å². The average Bonchev–Trinajstić information content (AvgIpc) is 3.01. The zero-order valence-corrected chi connectivity index (χ0v) is 9.70. The number of aliphatic hydroxyl groups is 1. The summed E-state index contributed by atoms with van der Waals surface area (Å²) >= 11 is 0. The van der Waals surface area contributed by atoms with Crippen LogP contribution in [-0.2, 0) is 4.79 Å². The Morgan fingerprint density at radius 3 is 2.27 bits per heavy atom. The SMILES string of the molecule is CC(C)C(=O)N1CCC(O)(C2CC2)CC1. The normalized spacial score (nSPS) is 25.7. The van der Waals surface area contributed by atoms with Crippen molar-refractivity contribution in [2.75, 3.05) is 13.1 Å². The van der Waals surface area contributed by atoms with Crippen LogP contribution in [0.1, 0.15) is 39.5 Å². The Balaban J connectivity index is 1.88. The predicted octanol–water partition coefficient (Wildman–Crippen LogP) is 1.41. The largest absolute Gasteiger partial charge is 0.389 e. The van der Waals surface area contributed by atoms with Gasteiger partial charge in [0.1, 0.15) is 0 Å². The molecule has 1 saturated carbocycles. The molecule has 86 valence electrons. The topological polar surface area (TPSA) is 40.5 Å². The number of nitrogens with zero attached hydrogens (tertiary/aromatic N) is 1. The first-order chi connectivity index (χ1) is 7.03. The van der Waals surface area contributed by atoms with E-state index in [1.807, 2.05) is 18.7 Å². The van der Waals surface area contributed by atoms with E-state index in [2.05, 4.69) is 0 Å². The van der Waals surface area contributed by atoms with Gasteiger partial charge in [-0.3, -0.25) is 4.79 Å². The maximum absolute atomic E-state index is 11.7. The van der Waals surface area contributed by atoms with Crippen LogP contribution >= 0.6 is 0 Å². The summed E-state index contributed by atoms with van der Waals surface area (Å²) in [4.78, 5) is 13.6. The van der Waals surface area contributed by atoms with Crippen molar-refractivity contribution in [1.82, 2.24) is 4.90 Å². The molecule has 15 heavy (non-hydrogen) atoms. The van der Waals surface area contributed by atoms with Crippen LogP contribution in [-0.4, -0.2) is 34.6 Å². The number of piperidine rings is 1. The van der Waals surface area contributed by atoms with Crippen LogP contribution in [0.25, 0.3) is 0 Å². The quantitative estimate of drug-likeness (QED) is 0.750. The van der Waals surface area contributed by atoms with E-state index in [9.17, 15) is 9.90 Å². The van der Waals surface area contributed by atoms with Gasteiger partial charge in [0.15, 0.2) is 0 Å². The number of amides is 1. The molecule has 0 spiro atoms. The second-order valence-corrected chi connectivity index (χ2v) is 5.36. The van der Waals surface area contributed by atoms with Crippen LogP contribution in [0.2, 0.25) is 0 Å². The highest BCUT2D eigenvalue weighted by atomic mass is 16.3. The zero-order chi connectivity index (χ0) is 11.1. The number of hydrogen-bond donors (Lipinski definition) is 1. The summed E-state index contributed by atoms with van der Waals surface area (Å²) in [6, 6.07) is 0. The highest BCUT2D eigenvalue weighted by Gasteiger charge is 2.45. The van der Waals surface area contributed by atoms with E-state index in [1.165, 1.54) is 12.8 Å². The third kappa shape index (κ3) is 2.17. The molecule has 3 nitrogen and oxygen atoms in total. The molecule has 0 aromatic heterocycles. The van der Waals surface area contributed by atoms with Crippen LogP contribution in [0, 0.1) is 11.8 Å². The molecular formula is C12H21NO2. The Bertz CT molecular complexity index is 250. The summed E-state index contributed by atoms with van der Waals surface area (Å²) < 4.78 is 0. The van der Waals surface area contributed by atoms with Gasteiger partial charge in [0.25, 0.3) is 0 Å². The van der Waals surface area contributed by atoms with E-state index < -0.39 is 5.60 Å². The maximum atomic E-state index is 11.7. The Morgan fingerprint density at radius 1 is 1.33 bits per heavy atom. The summed E-state index contributed by atoms with van der Waals surface area (Å²) in [6.45, 7) is 5.35. The standard InChI is InChI=1S/C12H21NO2/c1-9(2)11(14)13-7-5-12(15,6-8-13)10-3-4-10/h9-10,15H,3-8H2,1-2H3. The molecule has 0 aromatic carbocycles. The molecule has 3 heteroatoms. The van der Waals surface area contributed by atoms with Gasteiger partial charge in [-0.25, -0.2) is 0 Å². The first-order valence-corrected chi connectivity index (χ1v) is 6.04. The summed E-state index contributed by atoms with van der Waals surface area (Å²) in [5.41, 5.74) is -0.451. The molecule has 1 heterocycles. The van der Waals surface area contributed by atoms with Gasteiger partial charge in [0, 0.05) is 19.0 Å². The van der Waals surface area contributed by atoms with Crippen molar-refractivity contribution < 1.29 is 9.90 Å². The first kappa shape index (κ1) is 10.9. The second-order valence-electron chi connectivity index (χ2n) is 5.36. The number of hydrogen-bond acceptors (Lipinski definition) is 2. The average molecular weight is 211 g/mol. The molecule has 1 aliphatic heterocycles. The molecule has 2 aliphatic rings. The van der Waals surface area contributed by atoms with E-state index in [0.717, 1.165) is 25.9 Å². The Kier molecular flexibility index (Phi) is 2.75. The minimum absolute atomic E-state index is 0.0807. The van der Waals surface area contributed by atoms with Crippen LogP contribution < -0.4 is 0 Å². The fourth-order valence-electron chi connectivity index (χ4n) is 2.51. The number of likely N-dealkylation sites (tertiary alicyclic amines) is 1. The molecule has 0 aromatic rings. The van der Waals surface area contributed by atoms with E-state index in [1.54, 1.807) is 0 Å². The Morgan fingerprint density at radius 2 is 1.87 bits per heavy atom. The summed E-state index contributed by atoms with van der Waals surface area (Å²) in [5.74, 6) is 0.832. The fraction of sp³-hybridized carbons (Fsp3) is 0.917.